The molecule has 0 saturated carbocycles. The lowest BCUT2D eigenvalue weighted by Gasteiger charge is -2.12. The SMILES string of the molecule is N#Cc1cccc(-c2nc(-n3c4cc5ccccc5cc4c4cc5c6ccccc6n6c7ccccc7c(c43)c56)nc3ccccc23)c1. The van der Waals surface area contributed by atoms with Gasteiger partial charge in [-0.1, -0.05) is 91.0 Å². The standard InChI is InChI=1S/C43H23N5/c44-24-25-10-9-13-28(20-25)40-30-15-3-6-17-35(30)45-43(46-40)48-38-22-27-12-2-1-11-26(27)21-32(38)34-23-33-29-14-4-7-18-36(29)47-37-19-8-5-16-31(37)39(41(33)47)42(34)48/h1-23H. The minimum atomic E-state index is 0.597. The molecule has 48 heavy (non-hydrogen) atoms. The van der Waals surface area contributed by atoms with E-state index in [4.69, 9.17) is 9.97 Å². The van der Waals surface area contributed by atoms with E-state index in [9.17, 15) is 5.26 Å². The van der Waals surface area contributed by atoms with Crippen molar-refractivity contribution >= 4 is 81.6 Å². The van der Waals surface area contributed by atoms with Crippen LogP contribution in [-0.2, 0) is 0 Å². The summed E-state index contributed by atoms with van der Waals surface area (Å²) in [5.41, 5.74) is 8.88. The number of nitriles is 1. The largest absolute Gasteiger partial charge is 0.308 e. The Hall–Kier alpha value is -6.77. The number of aromatic nitrogens is 4. The van der Waals surface area contributed by atoms with E-state index in [1.807, 2.05) is 42.5 Å². The van der Waals surface area contributed by atoms with Gasteiger partial charge in [-0.15, -0.1) is 0 Å². The van der Waals surface area contributed by atoms with Gasteiger partial charge in [0.1, 0.15) is 0 Å². The second-order valence-corrected chi connectivity index (χ2v) is 12.5. The first kappa shape index (κ1) is 25.4. The summed E-state index contributed by atoms with van der Waals surface area (Å²) in [6.07, 6.45) is 0. The number of hydrogen-bond donors (Lipinski definition) is 0. The lowest BCUT2D eigenvalue weighted by Crippen LogP contribution is -2.04. The molecule has 0 fully saturated rings. The van der Waals surface area contributed by atoms with Crippen molar-refractivity contribution in [2.24, 2.45) is 0 Å². The summed E-state index contributed by atoms with van der Waals surface area (Å²) in [6.45, 7) is 0. The van der Waals surface area contributed by atoms with E-state index in [2.05, 4.69) is 112 Å². The molecular weight excluding hydrogens is 587 g/mol. The topological polar surface area (TPSA) is 58.9 Å². The maximum absolute atomic E-state index is 9.74. The summed E-state index contributed by atoms with van der Waals surface area (Å²) in [5, 5.41) is 20.2. The van der Waals surface area contributed by atoms with Crippen LogP contribution in [0.4, 0.5) is 0 Å². The van der Waals surface area contributed by atoms with Crippen molar-refractivity contribution < 1.29 is 0 Å². The van der Waals surface area contributed by atoms with Crippen molar-refractivity contribution in [3.63, 3.8) is 0 Å². The molecule has 4 heterocycles. The molecule has 0 aliphatic rings. The maximum atomic E-state index is 9.74. The van der Waals surface area contributed by atoms with E-state index >= 15 is 0 Å². The van der Waals surface area contributed by atoms with Crippen LogP contribution in [0.15, 0.2) is 140 Å². The van der Waals surface area contributed by atoms with Gasteiger partial charge in [-0.2, -0.15) is 5.26 Å². The molecule has 220 valence electrons. The molecule has 0 aliphatic heterocycles. The predicted molar refractivity (Wildman–Crippen MR) is 196 cm³/mol. The van der Waals surface area contributed by atoms with E-state index < -0.39 is 0 Å². The molecule has 0 aliphatic carbocycles. The van der Waals surface area contributed by atoms with Crippen molar-refractivity contribution in [2.45, 2.75) is 0 Å². The molecule has 11 aromatic rings. The third kappa shape index (κ3) is 3.23. The van der Waals surface area contributed by atoms with Crippen LogP contribution in [-0.4, -0.2) is 18.9 Å². The molecule has 0 saturated heterocycles. The molecule has 0 N–H and O–H groups in total. The second-order valence-electron chi connectivity index (χ2n) is 12.5. The summed E-state index contributed by atoms with van der Waals surface area (Å²) >= 11 is 0. The highest BCUT2D eigenvalue weighted by Gasteiger charge is 2.25. The van der Waals surface area contributed by atoms with Gasteiger partial charge in [-0.25, -0.2) is 9.97 Å². The average molecular weight is 610 g/mol. The molecule has 0 spiro atoms. The van der Waals surface area contributed by atoms with E-state index in [0.29, 0.717) is 11.5 Å². The number of benzene rings is 7. The fraction of sp³-hybridized carbons (Fsp3) is 0. The number of hydrogen-bond acceptors (Lipinski definition) is 3. The number of para-hydroxylation sites is 3. The minimum absolute atomic E-state index is 0.597. The van der Waals surface area contributed by atoms with Gasteiger partial charge in [0, 0.05) is 43.3 Å². The first-order chi connectivity index (χ1) is 23.8. The first-order valence-electron chi connectivity index (χ1n) is 16.1. The Kier molecular flexibility index (Phi) is 4.85. The molecule has 0 bridgehead atoms. The van der Waals surface area contributed by atoms with Crippen LogP contribution in [0.1, 0.15) is 5.56 Å². The summed E-state index contributed by atoms with van der Waals surface area (Å²) in [4.78, 5) is 10.7. The highest BCUT2D eigenvalue weighted by atomic mass is 15.2. The number of nitrogens with zero attached hydrogens (tertiary/aromatic N) is 5. The van der Waals surface area contributed by atoms with Crippen molar-refractivity contribution in [3.05, 3.63) is 145 Å². The van der Waals surface area contributed by atoms with Gasteiger partial charge in [0.2, 0.25) is 5.95 Å². The molecule has 11 rings (SSSR count). The van der Waals surface area contributed by atoms with Gasteiger partial charge >= 0.3 is 0 Å². The van der Waals surface area contributed by atoms with Crippen LogP contribution in [0.25, 0.3) is 98.8 Å². The van der Waals surface area contributed by atoms with E-state index in [1.54, 1.807) is 0 Å². The average Bonchev–Trinajstić information content (AvgIpc) is 3.77. The summed E-state index contributed by atoms with van der Waals surface area (Å²) in [6, 6.07) is 51.1. The molecule has 0 unspecified atom stereocenters. The minimum Gasteiger partial charge on any atom is -0.308 e. The zero-order chi connectivity index (χ0) is 31.5. The van der Waals surface area contributed by atoms with E-state index in [-0.39, 0.29) is 0 Å². The van der Waals surface area contributed by atoms with Gasteiger partial charge in [0.25, 0.3) is 0 Å². The zero-order valence-electron chi connectivity index (χ0n) is 25.5. The highest BCUT2D eigenvalue weighted by molar-refractivity contribution is 6.34. The Morgan fingerprint density at radius 2 is 1.19 bits per heavy atom. The smallest absolute Gasteiger partial charge is 0.235 e. The summed E-state index contributed by atoms with van der Waals surface area (Å²) < 4.78 is 4.70. The number of fused-ring (bicyclic) bond motifs is 12. The van der Waals surface area contributed by atoms with Gasteiger partial charge in [0.15, 0.2) is 0 Å². The van der Waals surface area contributed by atoms with Crippen LogP contribution in [0.5, 0.6) is 0 Å². The third-order valence-corrected chi connectivity index (χ3v) is 10.0. The van der Waals surface area contributed by atoms with Gasteiger partial charge < -0.3 is 4.40 Å². The van der Waals surface area contributed by atoms with Crippen molar-refractivity contribution in [1.82, 2.24) is 18.9 Å². The Balaban J connectivity index is 1.40. The summed E-state index contributed by atoms with van der Waals surface area (Å²) in [7, 11) is 0. The Morgan fingerprint density at radius 1 is 0.500 bits per heavy atom. The monoisotopic (exact) mass is 609 g/mol. The maximum Gasteiger partial charge on any atom is 0.235 e. The lowest BCUT2D eigenvalue weighted by molar-refractivity contribution is 1.02. The predicted octanol–water partition coefficient (Wildman–Crippen LogP) is 10.6. The van der Waals surface area contributed by atoms with Crippen LogP contribution in [0, 0.1) is 11.3 Å². The lowest BCUT2D eigenvalue weighted by atomic mass is 10.0. The van der Waals surface area contributed by atoms with Gasteiger partial charge in [0.05, 0.1) is 50.4 Å². The van der Waals surface area contributed by atoms with Crippen LogP contribution >= 0.6 is 0 Å². The van der Waals surface area contributed by atoms with Crippen LogP contribution < -0.4 is 0 Å². The quantitative estimate of drug-likeness (QED) is 0.196. The number of rotatable bonds is 2. The van der Waals surface area contributed by atoms with Crippen molar-refractivity contribution in [2.75, 3.05) is 0 Å². The fourth-order valence-electron chi connectivity index (χ4n) is 8.02. The Bertz CT molecular complexity index is 3190. The molecule has 0 amide bonds. The fourth-order valence-corrected chi connectivity index (χ4v) is 8.02. The van der Waals surface area contributed by atoms with Crippen molar-refractivity contribution in [1.29, 1.82) is 5.26 Å². The highest BCUT2D eigenvalue weighted by Crippen LogP contribution is 2.47. The Morgan fingerprint density at radius 3 is 2.02 bits per heavy atom. The van der Waals surface area contributed by atoms with E-state index in [1.165, 1.54) is 48.9 Å². The van der Waals surface area contributed by atoms with E-state index in [0.717, 1.165) is 44.0 Å². The van der Waals surface area contributed by atoms with Crippen LogP contribution in [0.3, 0.4) is 0 Å². The molecule has 7 aromatic carbocycles. The summed E-state index contributed by atoms with van der Waals surface area (Å²) in [5.74, 6) is 0.601. The molecular formula is C43H23N5. The molecule has 4 aromatic heterocycles. The molecule has 5 nitrogen and oxygen atoms in total. The Labute approximate surface area is 273 Å². The zero-order valence-corrected chi connectivity index (χ0v) is 25.5. The molecule has 0 radical (unpaired) electrons. The van der Waals surface area contributed by atoms with Gasteiger partial charge in [-0.3, -0.25) is 4.57 Å². The first-order valence-corrected chi connectivity index (χ1v) is 16.1. The normalized spacial score (nSPS) is 12.1. The van der Waals surface area contributed by atoms with Gasteiger partial charge in [-0.05, 0) is 59.3 Å². The second kappa shape index (κ2) is 9.16. The molecule has 0 atom stereocenters. The van der Waals surface area contributed by atoms with Crippen molar-refractivity contribution in [3.8, 4) is 23.3 Å². The third-order valence-electron chi connectivity index (χ3n) is 10.0. The molecule has 5 heteroatoms. The van der Waals surface area contributed by atoms with Crippen LogP contribution in [0.2, 0.25) is 0 Å².